The number of carbonyl (C=O) groups is 4. The highest BCUT2D eigenvalue weighted by Crippen LogP contribution is 2.47. The fraction of sp³-hybridized carbons (Fsp3) is 0.625. The Morgan fingerprint density at radius 2 is 1.78 bits per heavy atom. The zero-order chi connectivity index (χ0) is 43.4. The van der Waals surface area contributed by atoms with Crippen molar-refractivity contribution in [3.63, 3.8) is 0 Å². The van der Waals surface area contributed by atoms with E-state index in [2.05, 4.69) is 15.0 Å². The number of rotatable bonds is 9. The Kier molecular flexibility index (Phi) is 11.9. The highest BCUT2D eigenvalue weighted by Gasteiger charge is 2.63. The van der Waals surface area contributed by atoms with Crippen LogP contribution < -0.4 is 24.4 Å². The van der Waals surface area contributed by atoms with Crippen molar-refractivity contribution < 1.29 is 55.3 Å². The molecule has 4 aliphatic rings. The third-order valence-corrected chi connectivity index (χ3v) is 13.9. The van der Waals surface area contributed by atoms with Gasteiger partial charge in [-0.2, -0.15) is 18.2 Å². The van der Waals surface area contributed by atoms with E-state index in [9.17, 15) is 41.1 Å². The number of fused-ring (bicyclic) bond motifs is 3. The molecule has 4 amide bonds. The number of sulfonamides is 1. The van der Waals surface area contributed by atoms with Crippen LogP contribution in [-0.4, -0.2) is 121 Å². The number of carbonyl (C=O) groups excluding carboxylic acids is 3. The number of nitrogens with one attached hydrogen (secondary N) is 2. The van der Waals surface area contributed by atoms with Gasteiger partial charge in [0.15, 0.2) is 0 Å². The van der Waals surface area contributed by atoms with E-state index in [1.807, 2.05) is 19.1 Å². The second-order valence-electron chi connectivity index (χ2n) is 17.2. The van der Waals surface area contributed by atoms with Crippen LogP contribution in [0, 0.1) is 17.8 Å². The number of aromatic nitrogens is 1. The summed E-state index contributed by atoms with van der Waals surface area (Å²) < 4.78 is 84.1. The molecule has 1 saturated heterocycles. The molecular weight excluding hydrogens is 798 g/mol. The van der Waals surface area contributed by atoms with Crippen molar-refractivity contribution >= 4 is 50.4 Å². The molecule has 19 heteroatoms. The molecule has 3 heterocycles. The van der Waals surface area contributed by atoms with Crippen molar-refractivity contribution in [2.45, 2.75) is 113 Å². The Morgan fingerprint density at radius 1 is 1.08 bits per heavy atom. The predicted molar refractivity (Wildman–Crippen MR) is 211 cm³/mol. The van der Waals surface area contributed by atoms with Crippen LogP contribution in [0.2, 0.25) is 0 Å². The van der Waals surface area contributed by atoms with Gasteiger partial charge in [0, 0.05) is 31.8 Å². The number of benzene rings is 1. The third kappa shape index (κ3) is 8.75. The van der Waals surface area contributed by atoms with E-state index < -0.39 is 86.4 Å². The van der Waals surface area contributed by atoms with Crippen LogP contribution in [0.25, 0.3) is 10.8 Å². The first-order valence-corrected chi connectivity index (χ1v) is 21.3. The molecule has 3 fully saturated rings. The molecule has 2 saturated carbocycles. The second-order valence-corrected chi connectivity index (χ2v) is 19.1. The molecular formula is C40H53F3N6O9S. The lowest BCUT2D eigenvalue weighted by Crippen LogP contribution is -2.66. The topological polar surface area (TPSA) is 188 Å². The SMILES string of the molecule is COc1ccc2c(O[C@@H]3C[C@H]4C(=O)N[C@]5(C(=O)NS(=O)(=O)C6CC6)C[C@H]5/C=C\CC[C@H](C)C[C@@H](C)[C@H](N(C(=O)O)C(C)(C)C(F)(F)F)C(=O)N4C3)nc(N(C)C)cc2c1. The summed E-state index contributed by atoms with van der Waals surface area (Å²) in [4.78, 5) is 64.1. The number of nitrogens with zero attached hydrogens (tertiary/aromatic N) is 4. The number of ether oxygens (including phenoxy) is 2. The molecule has 59 heavy (non-hydrogen) atoms. The van der Waals surface area contributed by atoms with E-state index in [4.69, 9.17) is 9.47 Å². The smallest absolute Gasteiger partial charge is 0.411 e. The first-order chi connectivity index (χ1) is 27.5. The Morgan fingerprint density at radius 3 is 2.39 bits per heavy atom. The molecule has 1 aromatic heterocycles. The molecule has 7 atom stereocenters. The number of hydrogen-bond donors (Lipinski definition) is 3. The van der Waals surface area contributed by atoms with Gasteiger partial charge in [-0.15, -0.1) is 0 Å². The first-order valence-electron chi connectivity index (χ1n) is 19.8. The maximum Gasteiger partial charge on any atom is 0.411 e. The Bertz CT molecular complexity index is 2130. The van der Waals surface area contributed by atoms with Gasteiger partial charge >= 0.3 is 12.3 Å². The van der Waals surface area contributed by atoms with E-state index in [0.717, 1.165) is 4.90 Å². The minimum Gasteiger partial charge on any atom is -0.497 e. The van der Waals surface area contributed by atoms with Crippen molar-refractivity contribution in [2.24, 2.45) is 17.8 Å². The van der Waals surface area contributed by atoms with Crippen molar-refractivity contribution in [1.29, 1.82) is 0 Å². The van der Waals surface area contributed by atoms with Crippen LogP contribution in [0.15, 0.2) is 36.4 Å². The van der Waals surface area contributed by atoms with Gasteiger partial charge < -0.3 is 29.7 Å². The van der Waals surface area contributed by atoms with Crippen LogP contribution in [0.4, 0.5) is 23.8 Å². The molecule has 0 spiro atoms. The largest absolute Gasteiger partial charge is 0.497 e. The number of methoxy groups -OCH3 is 1. The molecule has 0 bridgehead atoms. The number of halogens is 3. The summed E-state index contributed by atoms with van der Waals surface area (Å²) in [6.07, 6.45) is -2.78. The third-order valence-electron chi connectivity index (χ3n) is 12.1. The summed E-state index contributed by atoms with van der Waals surface area (Å²) in [5, 5.41) is 13.7. The summed E-state index contributed by atoms with van der Waals surface area (Å²) in [7, 11) is 1.04. The highest BCUT2D eigenvalue weighted by atomic mass is 32.2. The molecule has 1 aromatic carbocycles. The van der Waals surface area contributed by atoms with Gasteiger partial charge in [0.05, 0.1) is 18.9 Å². The monoisotopic (exact) mass is 850 g/mol. The summed E-state index contributed by atoms with van der Waals surface area (Å²) in [5.41, 5.74) is -4.74. The summed E-state index contributed by atoms with van der Waals surface area (Å²) in [6.45, 7) is 4.41. The van der Waals surface area contributed by atoms with Crippen LogP contribution in [-0.2, 0) is 24.4 Å². The Hall–Kier alpha value is -4.81. The minimum atomic E-state index is -5.10. The van der Waals surface area contributed by atoms with Gasteiger partial charge in [-0.25, -0.2) is 13.2 Å². The van der Waals surface area contributed by atoms with Crippen molar-refractivity contribution in [1.82, 2.24) is 24.8 Å². The quantitative estimate of drug-likeness (QED) is 0.293. The molecule has 3 N–H and O–H groups in total. The van der Waals surface area contributed by atoms with Gasteiger partial charge in [0.2, 0.25) is 27.7 Å². The first kappa shape index (κ1) is 43.8. The molecule has 0 radical (unpaired) electrons. The lowest BCUT2D eigenvalue weighted by Gasteiger charge is -2.45. The minimum absolute atomic E-state index is 0.0559. The Labute approximate surface area is 341 Å². The van der Waals surface area contributed by atoms with E-state index in [1.165, 1.54) is 14.0 Å². The van der Waals surface area contributed by atoms with Crippen LogP contribution >= 0.6 is 0 Å². The van der Waals surface area contributed by atoms with Crippen LogP contribution in [0.3, 0.4) is 0 Å². The average Bonchev–Trinajstić information content (AvgIpc) is 4.07. The van der Waals surface area contributed by atoms with Gasteiger partial charge in [0.1, 0.15) is 40.8 Å². The number of allylic oxidation sites excluding steroid dienone is 1. The molecule has 2 aliphatic carbocycles. The molecule has 6 rings (SSSR count). The molecule has 0 unspecified atom stereocenters. The molecule has 2 aliphatic heterocycles. The maximum absolute atomic E-state index is 15.1. The second kappa shape index (κ2) is 16.0. The average molecular weight is 851 g/mol. The lowest BCUT2D eigenvalue weighted by atomic mass is 9.85. The van der Waals surface area contributed by atoms with Crippen molar-refractivity contribution in [3.05, 3.63) is 36.4 Å². The van der Waals surface area contributed by atoms with E-state index in [0.29, 0.717) is 61.9 Å². The van der Waals surface area contributed by atoms with E-state index >= 15 is 4.79 Å². The molecule has 2 aromatic rings. The maximum atomic E-state index is 15.1. The fourth-order valence-corrected chi connectivity index (χ4v) is 9.64. The number of alkyl halides is 3. The summed E-state index contributed by atoms with van der Waals surface area (Å²) in [5.74, 6) is -3.41. The van der Waals surface area contributed by atoms with Crippen molar-refractivity contribution in [2.75, 3.05) is 32.6 Å². The number of pyridine rings is 1. The van der Waals surface area contributed by atoms with Crippen LogP contribution in [0.1, 0.15) is 72.6 Å². The van der Waals surface area contributed by atoms with E-state index in [-0.39, 0.29) is 42.5 Å². The zero-order valence-corrected chi connectivity index (χ0v) is 35.0. The molecule has 15 nitrogen and oxygen atoms in total. The highest BCUT2D eigenvalue weighted by molar-refractivity contribution is 7.91. The van der Waals surface area contributed by atoms with Gasteiger partial charge in [0.25, 0.3) is 5.91 Å². The van der Waals surface area contributed by atoms with Crippen LogP contribution in [0.5, 0.6) is 11.6 Å². The number of carboxylic acid groups (broad SMARTS) is 1. The van der Waals surface area contributed by atoms with Gasteiger partial charge in [-0.3, -0.25) is 24.0 Å². The number of amides is 4. The zero-order valence-electron chi connectivity index (χ0n) is 34.2. The normalized spacial score (nSPS) is 28.6. The predicted octanol–water partition coefficient (Wildman–Crippen LogP) is 4.84. The number of hydrogen-bond acceptors (Lipinski definition) is 10. The lowest BCUT2D eigenvalue weighted by molar-refractivity contribution is -0.222. The number of anilines is 1. The molecule has 324 valence electrons. The summed E-state index contributed by atoms with van der Waals surface area (Å²) in [6, 6.07) is 3.63. The summed E-state index contributed by atoms with van der Waals surface area (Å²) >= 11 is 0. The van der Waals surface area contributed by atoms with Gasteiger partial charge in [-0.1, -0.05) is 26.0 Å². The van der Waals surface area contributed by atoms with Crippen molar-refractivity contribution in [3.8, 4) is 11.6 Å². The fourth-order valence-electron chi connectivity index (χ4n) is 8.28. The standard InChI is InChI=1S/C40H53F3N6O9S/c1-22-10-8-9-11-25-20-39(25,36(52)46-59(55,56)28-13-14-28)45-33(50)30-19-27(58-34-29-15-12-26(57-7)17-24(29)18-31(44-34)47(5)6)21-48(30)35(51)32(23(2)16-22)49(37(53)54)38(3,4)40(41,42)43/h9,11-12,15,17-18,22-23,25,27-28,30,32H,8,10,13-14,16,19-21H2,1-7H3,(H,45,50)(H,46,52)(H,53,54)/b11-9-/t22-,23+,25+,27+,30-,32-,39+/m0/s1. The Balaban J connectivity index is 1.44. The van der Waals surface area contributed by atoms with E-state index in [1.54, 1.807) is 43.3 Å². The van der Waals surface area contributed by atoms with Gasteiger partial charge in [-0.05, 0) is 93.9 Å².